The molecule has 0 atom stereocenters. The third-order valence-electron chi connectivity index (χ3n) is 2.96. The lowest BCUT2D eigenvalue weighted by Crippen LogP contribution is -2.26. The van der Waals surface area contributed by atoms with E-state index in [2.05, 4.69) is 18.7 Å². The molecule has 2 nitrogen and oxygen atoms in total. The summed E-state index contributed by atoms with van der Waals surface area (Å²) in [6, 6.07) is 0. The first-order valence-corrected chi connectivity index (χ1v) is 7.18. The number of rotatable bonds is 12. The van der Waals surface area contributed by atoms with E-state index in [0.717, 1.165) is 6.42 Å². The molecular weight excluding hydrogens is 198 g/mol. The Morgan fingerprint density at radius 3 is 1.69 bits per heavy atom. The molecule has 0 saturated heterocycles. The Kier molecular flexibility index (Phi) is 12.9. The Morgan fingerprint density at radius 1 is 0.688 bits per heavy atom. The molecule has 0 saturated carbocycles. The molecule has 16 heavy (non-hydrogen) atoms. The van der Waals surface area contributed by atoms with Gasteiger partial charge in [0.2, 0.25) is 0 Å². The third kappa shape index (κ3) is 10.4. The maximum absolute atomic E-state index is 8.65. The van der Waals surface area contributed by atoms with Gasteiger partial charge in [-0.05, 0) is 45.3 Å². The van der Waals surface area contributed by atoms with Crippen LogP contribution < -0.4 is 0 Å². The number of aliphatic hydroxyl groups excluding tert-OH is 1. The van der Waals surface area contributed by atoms with Crippen molar-refractivity contribution in [2.75, 3.05) is 26.2 Å². The largest absolute Gasteiger partial charge is 0.396 e. The highest BCUT2D eigenvalue weighted by Gasteiger charge is 2.01. The van der Waals surface area contributed by atoms with Gasteiger partial charge < -0.3 is 10.0 Å². The van der Waals surface area contributed by atoms with Crippen LogP contribution in [0.15, 0.2) is 0 Å². The van der Waals surface area contributed by atoms with E-state index in [1.54, 1.807) is 0 Å². The van der Waals surface area contributed by atoms with E-state index in [-0.39, 0.29) is 0 Å². The van der Waals surface area contributed by atoms with Crippen molar-refractivity contribution >= 4 is 0 Å². The van der Waals surface area contributed by atoms with Crippen LogP contribution in [0.2, 0.25) is 0 Å². The molecule has 0 aromatic carbocycles. The van der Waals surface area contributed by atoms with Gasteiger partial charge in [-0.15, -0.1) is 0 Å². The van der Waals surface area contributed by atoms with Crippen molar-refractivity contribution in [2.45, 2.75) is 65.2 Å². The molecule has 1 N–H and O–H groups in total. The molecule has 0 aliphatic rings. The summed E-state index contributed by atoms with van der Waals surface area (Å²) < 4.78 is 0. The van der Waals surface area contributed by atoms with Crippen LogP contribution in [0, 0.1) is 0 Å². The predicted octanol–water partition coefficient (Wildman–Crippen LogP) is 3.44. The van der Waals surface area contributed by atoms with Crippen LogP contribution >= 0.6 is 0 Å². The van der Waals surface area contributed by atoms with Crippen molar-refractivity contribution in [2.24, 2.45) is 0 Å². The van der Waals surface area contributed by atoms with Gasteiger partial charge in [-0.1, -0.05) is 39.5 Å². The summed E-state index contributed by atoms with van der Waals surface area (Å²) in [7, 11) is 0. The number of hydrogen-bond donors (Lipinski definition) is 1. The fourth-order valence-corrected chi connectivity index (χ4v) is 2.12. The molecule has 0 aromatic heterocycles. The summed E-state index contributed by atoms with van der Waals surface area (Å²) in [5.74, 6) is 0. The quantitative estimate of drug-likeness (QED) is 0.518. The summed E-state index contributed by atoms with van der Waals surface area (Å²) in [5.41, 5.74) is 0. The summed E-state index contributed by atoms with van der Waals surface area (Å²) in [4.78, 5) is 2.59. The molecule has 98 valence electrons. The Balaban J connectivity index is 3.25. The highest BCUT2D eigenvalue weighted by Crippen LogP contribution is 2.06. The first-order valence-electron chi connectivity index (χ1n) is 7.18. The van der Waals surface area contributed by atoms with Crippen molar-refractivity contribution in [3.8, 4) is 0 Å². The first-order chi connectivity index (χ1) is 7.85. The second-order valence-electron chi connectivity index (χ2n) is 4.69. The van der Waals surface area contributed by atoms with Crippen molar-refractivity contribution in [3.63, 3.8) is 0 Å². The van der Waals surface area contributed by atoms with E-state index in [9.17, 15) is 0 Å². The number of unbranched alkanes of at least 4 members (excludes halogenated alkanes) is 5. The number of aliphatic hydroxyl groups is 1. The third-order valence-corrected chi connectivity index (χ3v) is 2.96. The molecule has 0 heterocycles. The maximum atomic E-state index is 8.65. The minimum Gasteiger partial charge on any atom is -0.396 e. The maximum Gasteiger partial charge on any atom is 0.0431 e. The Labute approximate surface area is 102 Å². The molecule has 0 rings (SSSR count). The minimum absolute atomic E-state index is 0.362. The smallest absolute Gasteiger partial charge is 0.0431 e. The van der Waals surface area contributed by atoms with Crippen LogP contribution in [0.3, 0.4) is 0 Å². The fraction of sp³-hybridized carbons (Fsp3) is 1.00. The average molecular weight is 229 g/mol. The number of nitrogens with zero attached hydrogens (tertiary/aromatic N) is 1. The Hall–Kier alpha value is -0.0800. The van der Waals surface area contributed by atoms with Crippen molar-refractivity contribution in [1.29, 1.82) is 0 Å². The summed E-state index contributed by atoms with van der Waals surface area (Å²) in [6.07, 6.45) is 10.1. The van der Waals surface area contributed by atoms with Crippen LogP contribution in [0.25, 0.3) is 0 Å². The minimum atomic E-state index is 0.362. The van der Waals surface area contributed by atoms with Crippen molar-refractivity contribution in [3.05, 3.63) is 0 Å². The predicted molar refractivity (Wildman–Crippen MR) is 71.8 cm³/mol. The lowest BCUT2D eigenvalue weighted by molar-refractivity contribution is 0.266. The van der Waals surface area contributed by atoms with Gasteiger partial charge in [0.25, 0.3) is 0 Å². The van der Waals surface area contributed by atoms with Gasteiger partial charge in [0.1, 0.15) is 0 Å². The molecule has 2 heteroatoms. The average Bonchev–Trinajstić information content (AvgIpc) is 2.28. The molecule has 0 aliphatic heterocycles. The lowest BCUT2D eigenvalue weighted by Gasteiger charge is -2.20. The second-order valence-corrected chi connectivity index (χ2v) is 4.69. The molecule has 0 radical (unpaired) electrons. The number of hydrogen-bond acceptors (Lipinski definition) is 2. The van der Waals surface area contributed by atoms with Gasteiger partial charge in [-0.3, -0.25) is 0 Å². The molecule has 0 fully saturated rings. The summed E-state index contributed by atoms with van der Waals surface area (Å²) in [5, 5.41) is 8.65. The molecule has 0 spiro atoms. The van der Waals surface area contributed by atoms with Crippen LogP contribution in [0.5, 0.6) is 0 Å². The second kappa shape index (κ2) is 13.0. The van der Waals surface area contributed by atoms with E-state index in [0.29, 0.717) is 6.61 Å². The van der Waals surface area contributed by atoms with Gasteiger partial charge in [0.05, 0.1) is 0 Å². The molecule has 0 aliphatic carbocycles. The summed E-state index contributed by atoms with van der Waals surface area (Å²) >= 11 is 0. The Bertz CT molecular complexity index is 122. The van der Waals surface area contributed by atoms with E-state index in [1.165, 1.54) is 64.6 Å². The Morgan fingerprint density at radius 2 is 1.19 bits per heavy atom. The van der Waals surface area contributed by atoms with Crippen molar-refractivity contribution in [1.82, 2.24) is 4.90 Å². The molecular formula is C14H31NO. The standard InChI is InChI=1S/C14H31NO/c1-3-11-15(12-4-2)13-9-7-5-6-8-10-14-16/h16H,3-14H2,1-2H3. The van der Waals surface area contributed by atoms with Crippen LogP contribution in [0.4, 0.5) is 0 Å². The van der Waals surface area contributed by atoms with E-state index >= 15 is 0 Å². The molecule has 0 aromatic rings. The SMILES string of the molecule is CCCN(CCC)CCCCCCCCO. The fourth-order valence-electron chi connectivity index (χ4n) is 2.12. The molecule has 0 unspecified atom stereocenters. The zero-order chi connectivity index (χ0) is 12.1. The first kappa shape index (κ1) is 15.9. The normalized spacial score (nSPS) is 11.2. The van der Waals surface area contributed by atoms with E-state index < -0.39 is 0 Å². The van der Waals surface area contributed by atoms with Gasteiger partial charge in [-0.2, -0.15) is 0 Å². The highest BCUT2D eigenvalue weighted by molar-refractivity contribution is 4.56. The van der Waals surface area contributed by atoms with E-state index in [1.807, 2.05) is 0 Å². The topological polar surface area (TPSA) is 23.5 Å². The highest BCUT2D eigenvalue weighted by atomic mass is 16.2. The zero-order valence-electron chi connectivity index (χ0n) is 11.4. The zero-order valence-corrected chi connectivity index (χ0v) is 11.4. The van der Waals surface area contributed by atoms with E-state index in [4.69, 9.17) is 5.11 Å². The van der Waals surface area contributed by atoms with Gasteiger partial charge in [0.15, 0.2) is 0 Å². The lowest BCUT2D eigenvalue weighted by atomic mass is 10.1. The van der Waals surface area contributed by atoms with Crippen LogP contribution in [-0.2, 0) is 0 Å². The molecule has 0 amide bonds. The van der Waals surface area contributed by atoms with Crippen LogP contribution in [0.1, 0.15) is 65.2 Å². The van der Waals surface area contributed by atoms with Crippen molar-refractivity contribution < 1.29 is 5.11 Å². The van der Waals surface area contributed by atoms with Gasteiger partial charge in [0, 0.05) is 6.61 Å². The van der Waals surface area contributed by atoms with Gasteiger partial charge >= 0.3 is 0 Å². The van der Waals surface area contributed by atoms with Gasteiger partial charge in [-0.25, -0.2) is 0 Å². The van der Waals surface area contributed by atoms with Crippen LogP contribution in [-0.4, -0.2) is 36.2 Å². The monoisotopic (exact) mass is 229 g/mol. The summed E-state index contributed by atoms with van der Waals surface area (Å²) in [6.45, 7) is 8.69. The molecule has 0 bridgehead atoms.